The highest BCUT2D eigenvalue weighted by Crippen LogP contribution is 2.26. The lowest BCUT2D eigenvalue weighted by molar-refractivity contribution is -0.146. The average Bonchev–Trinajstić information content (AvgIpc) is 2.01. The topological polar surface area (TPSA) is 74.6 Å². The molecule has 0 aliphatic heterocycles. The van der Waals surface area contributed by atoms with Gasteiger partial charge < -0.3 is 10.2 Å². The van der Waals surface area contributed by atoms with Crippen LogP contribution in [0.25, 0.3) is 0 Å². The molecule has 1 aliphatic carbocycles. The predicted octanol–water partition coefficient (Wildman–Crippen LogP) is 1.74. The zero-order chi connectivity index (χ0) is 10.6. The molecule has 1 aliphatic rings. The van der Waals surface area contributed by atoms with Crippen molar-refractivity contribution in [1.29, 1.82) is 0 Å². The smallest absolute Gasteiger partial charge is 0.306 e. The highest BCUT2D eigenvalue weighted by Gasteiger charge is 2.25. The van der Waals surface area contributed by atoms with E-state index in [0.717, 1.165) is 12.8 Å². The van der Waals surface area contributed by atoms with Crippen LogP contribution in [0.15, 0.2) is 0 Å². The maximum Gasteiger partial charge on any atom is 0.306 e. The fraction of sp³-hybridized carbons (Fsp3) is 0.800. The van der Waals surface area contributed by atoms with E-state index in [1.54, 1.807) is 0 Å². The molecule has 2 atom stereocenters. The van der Waals surface area contributed by atoms with Gasteiger partial charge in [-0.1, -0.05) is 12.8 Å². The van der Waals surface area contributed by atoms with Crippen molar-refractivity contribution in [3.8, 4) is 0 Å². The maximum absolute atomic E-state index is 10.7. The van der Waals surface area contributed by atoms with Gasteiger partial charge in [0.25, 0.3) is 0 Å². The van der Waals surface area contributed by atoms with Gasteiger partial charge in [-0.15, -0.1) is 0 Å². The third-order valence-electron chi connectivity index (χ3n) is 2.92. The Morgan fingerprint density at radius 3 is 1.43 bits per heavy atom. The lowest BCUT2D eigenvalue weighted by atomic mass is 9.85. The van der Waals surface area contributed by atoms with Crippen LogP contribution in [0.5, 0.6) is 0 Å². The summed E-state index contributed by atoms with van der Waals surface area (Å²) >= 11 is 0. The summed E-state index contributed by atoms with van der Waals surface area (Å²) in [6.07, 6.45) is 4.07. The van der Waals surface area contributed by atoms with Gasteiger partial charge in [-0.05, 0) is 25.7 Å². The zero-order valence-corrected chi connectivity index (χ0v) is 8.11. The number of aliphatic carboxylic acids is 2. The molecule has 2 unspecified atom stereocenters. The maximum atomic E-state index is 10.7. The molecular formula is C10H16O4. The van der Waals surface area contributed by atoms with Crippen molar-refractivity contribution >= 4 is 11.9 Å². The second-order valence-electron chi connectivity index (χ2n) is 3.93. The number of carboxylic acid groups (broad SMARTS) is 2. The summed E-state index contributed by atoms with van der Waals surface area (Å²) in [5, 5.41) is 17.7. The summed E-state index contributed by atoms with van der Waals surface area (Å²) < 4.78 is 0. The molecule has 0 saturated heterocycles. The van der Waals surface area contributed by atoms with Gasteiger partial charge in [0.05, 0.1) is 11.8 Å². The standard InChI is InChI=1S/C10H16O4/c11-9(12)7-3-1-2-4-8(6-5-7)10(13)14/h7-8H,1-6H2,(H,11,12)(H,13,14). The molecule has 0 aromatic heterocycles. The summed E-state index contributed by atoms with van der Waals surface area (Å²) in [5.41, 5.74) is 0. The van der Waals surface area contributed by atoms with E-state index in [1.807, 2.05) is 0 Å². The fourth-order valence-electron chi connectivity index (χ4n) is 1.97. The normalized spacial score (nSPS) is 28.9. The quantitative estimate of drug-likeness (QED) is 0.712. The first-order valence-electron chi connectivity index (χ1n) is 5.07. The van der Waals surface area contributed by atoms with Crippen LogP contribution in [0.1, 0.15) is 38.5 Å². The number of carbonyl (C=O) groups is 2. The molecule has 1 saturated carbocycles. The lowest BCUT2D eigenvalue weighted by Crippen LogP contribution is -2.21. The van der Waals surface area contributed by atoms with Crippen LogP contribution in [-0.4, -0.2) is 22.2 Å². The van der Waals surface area contributed by atoms with E-state index in [-0.39, 0.29) is 11.8 Å². The highest BCUT2D eigenvalue weighted by molar-refractivity contribution is 5.71. The van der Waals surface area contributed by atoms with Crippen molar-refractivity contribution in [2.24, 2.45) is 11.8 Å². The van der Waals surface area contributed by atoms with Gasteiger partial charge in [0.2, 0.25) is 0 Å². The molecule has 0 spiro atoms. The molecule has 0 aromatic carbocycles. The van der Waals surface area contributed by atoms with Crippen LogP contribution >= 0.6 is 0 Å². The number of hydrogen-bond donors (Lipinski definition) is 2. The van der Waals surface area contributed by atoms with Crippen molar-refractivity contribution < 1.29 is 19.8 Å². The van der Waals surface area contributed by atoms with E-state index in [4.69, 9.17) is 10.2 Å². The lowest BCUT2D eigenvalue weighted by Gasteiger charge is -2.19. The van der Waals surface area contributed by atoms with Crippen molar-refractivity contribution in [3.05, 3.63) is 0 Å². The first kappa shape index (κ1) is 11.0. The average molecular weight is 200 g/mol. The molecule has 1 rings (SSSR count). The minimum absolute atomic E-state index is 0.336. The first-order chi connectivity index (χ1) is 6.61. The van der Waals surface area contributed by atoms with Gasteiger partial charge >= 0.3 is 11.9 Å². The van der Waals surface area contributed by atoms with Gasteiger partial charge in [-0.3, -0.25) is 9.59 Å². The molecule has 1 fully saturated rings. The highest BCUT2D eigenvalue weighted by atomic mass is 16.4. The van der Waals surface area contributed by atoms with Crippen LogP contribution in [0.3, 0.4) is 0 Å². The molecule has 0 amide bonds. The molecule has 4 nitrogen and oxygen atoms in total. The van der Waals surface area contributed by atoms with Crippen molar-refractivity contribution in [1.82, 2.24) is 0 Å². The third-order valence-corrected chi connectivity index (χ3v) is 2.92. The largest absolute Gasteiger partial charge is 0.481 e. The van der Waals surface area contributed by atoms with Crippen LogP contribution in [0, 0.1) is 11.8 Å². The van der Waals surface area contributed by atoms with Gasteiger partial charge in [-0.25, -0.2) is 0 Å². The van der Waals surface area contributed by atoms with Gasteiger partial charge in [0, 0.05) is 0 Å². The number of carboxylic acids is 2. The molecule has 4 heteroatoms. The molecule has 80 valence electrons. The Balaban J connectivity index is 2.50. The Morgan fingerprint density at radius 2 is 1.14 bits per heavy atom. The Labute approximate surface area is 82.9 Å². The van der Waals surface area contributed by atoms with Crippen molar-refractivity contribution in [3.63, 3.8) is 0 Å². The summed E-state index contributed by atoms with van der Waals surface area (Å²) in [5.74, 6) is -2.23. The summed E-state index contributed by atoms with van der Waals surface area (Å²) in [6, 6.07) is 0. The van der Waals surface area contributed by atoms with Crippen LogP contribution in [0.2, 0.25) is 0 Å². The van der Waals surface area contributed by atoms with Crippen LogP contribution < -0.4 is 0 Å². The summed E-state index contributed by atoms with van der Waals surface area (Å²) in [7, 11) is 0. The van der Waals surface area contributed by atoms with E-state index >= 15 is 0 Å². The van der Waals surface area contributed by atoms with E-state index in [1.165, 1.54) is 0 Å². The van der Waals surface area contributed by atoms with E-state index < -0.39 is 11.9 Å². The first-order valence-corrected chi connectivity index (χ1v) is 5.07. The molecule has 14 heavy (non-hydrogen) atoms. The summed E-state index contributed by atoms with van der Waals surface area (Å²) in [6.45, 7) is 0. The second kappa shape index (κ2) is 4.98. The second-order valence-corrected chi connectivity index (χ2v) is 3.93. The van der Waals surface area contributed by atoms with Crippen molar-refractivity contribution in [2.45, 2.75) is 38.5 Å². The SMILES string of the molecule is O=C(O)C1CCCCC(C(=O)O)CC1. The minimum atomic E-state index is -0.781. The molecule has 0 aromatic rings. The molecule has 0 bridgehead atoms. The Kier molecular flexibility index (Phi) is 3.92. The molecule has 0 heterocycles. The molecule has 0 radical (unpaired) electrons. The van der Waals surface area contributed by atoms with Gasteiger partial charge in [0.1, 0.15) is 0 Å². The number of hydrogen-bond acceptors (Lipinski definition) is 2. The van der Waals surface area contributed by atoms with Crippen LogP contribution in [-0.2, 0) is 9.59 Å². The predicted molar refractivity (Wildman–Crippen MR) is 50.0 cm³/mol. The van der Waals surface area contributed by atoms with Crippen molar-refractivity contribution in [2.75, 3.05) is 0 Å². The van der Waals surface area contributed by atoms with E-state index in [0.29, 0.717) is 25.7 Å². The summed E-state index contributed by atoms with van der Waals surface area (Å²) in [4.78, 5) is 21.5. The minimum Gasteiger partial charge on any atom is -0.481 e. The molecular weight excluding hydrogens is 184 g/mol. The van der Waals surface area contributed by atoms with Gasteiger partial charge in [-0.2, -0.15) is 0 Å². The fourth-order valence-corrected chi connectivity index (χ4v) is 1.97. The van der Waals surface area contributed by atoms with Crippen LogP contribution in [0.4, 0.5) is 0 Å². The number of rotatable bonds is 2. The van der Waals surface area contributed by atoms with E-state index in [2.05, 4.69) is 0 Å². The third kappa shape index (κ3) is 3.01. The Bertz CT molecular complexity index is 200. The monoisotopic (exact) mass is 200 g/mol. The Morgan fingerprint density at radius 1 is 0.786 bits per heavy atom. The zero-order valence-electron chi connectivity index (χ0n) is 8.11. The van der Waals surface area contributed by atoms with Gasteiger partial charge in [0.15, 0.2) is 0 Å². The Hall–Kier alpha value is -1.06. The van der Waals surface area contributed by atoms with E-state index in [9.17, 15) is 9.59 Å². The molecule has 2 N–H and O–H groups in total.